The molecule has 0 N–H and O–H groups in total. The topological polar surface area (TPSA) is 81.5 Å². The lowest BCUT2D eigenvalue weighted by molar-refractivity contribution is 0.0501. The minimum Gasteiger partial charge on any atom is -0.376 e. The summed E-state index contributed by atoms with van der Waals surface area (Å²) in [4.78, 5) is 19.8. The third-order valence-corrected chi connectivity index (χ3v) is 8.65. The van der Waals surface area contributed by atoms with E-state index in [2.05, 4.69) is 4.98 Å². The summed E-state index contributed by atoms with van der Waals surface area (Å²) in [6.45, 7) is 3.56. The number of amides is 1. The zero-order valence-corrected chi connectivity index (χ0v) is 22.9. The van der Waals surface area contributed by atoms with E-state index >= 15 is 0 Å². The average molecular weight is 544 g/mol. The summed E-state index contributed by atoms with van der Waals surface area (Å²) in [5.74, 6) is -0.268. The third kappa shape index (κ3) is 6.46. The van der Waals surface area contributed by atoms with Crippen LogP contribution in [0.15, 0.2) is 96.3 Å². The summed E-state index contributed by atoms with van der Waals surface area (Å²) in [6.07, 6.45) is 3.39. The lowest BCUT2D eigenvalue weighted by Crippen LogP contribution is -2.37. The molecule has 5 rings (SSSR count). The van der Waals surface area contributed by atoms with E-state index in [1.165, 1.54) is 0 Å². The Balaban J connectivity index is 1.51. The number of sulfone groups is 1. The van der Waals surface area contributed by atoms with E-state index in [1.54, 1.807) is 27.8 Å². The van der Waals surface area contributed by atoms with E-state index in [9.17, 15) is 13.2 Å². The van der Waals surface area contributed by atoms with Gasteiger partial charge in [-0.05, 0) is 48.6 Å². The second-order valence-corrected chi connectivity index (χ2v) is 11.9. The fourth-order valence-electron chi connectivity index (χ4n) is 4.96. The smallest absolute Gasteiger partial charge is 0.254 e. The molecule has 1 atom stereocenters. The number of benzene rings is 3. The molecule has 2 heterocycles. The van der Waals surface area contributed by atoms with Crippen LogP contribution in [0.25, 0.3) is 0 Å². The maximum absolute atomic E-state index is 13.7. The molecule has 0 bridgehead atoms. The van der Waals surface area contributed by atoms with Gasteiger partial charge in [-0.1, -0.05) is 72.8 Å². The molecule has 0 radical (unpaired) electrons. The predicted molar refractivity (Wildman–Crippen MR) is 150 cm³/mol. The lowest BCUT2D eigenvalue weighted by atomic mass is 10.1. The number of rotatable bonds is 10. The van der Waals surface area contributed by atoms with Crippen LogP contribution in [0.3, 0.4) is 0 Å². The fourth-order valence-corrected chi connectivity index (χ4v) is 6.55. The Hall–Kier alpha value is -3.75. The highest BCUT2D eigenvalue weighted by Crippen LogP contribution is 2.23. The molecule has 1 aromatic heterocycles. The Bertz CT molecular complexity index is 1510. The normalized spacial score (nSPS) is 15.4. The maximum atomic E-state index is 13.7. The number of aromatic nitrogens is 2. The summed E-state index contributed by atoms with van der Waals surface area (Å²) < 4.78 is 35.0. The highest BCUT2D eigenvalue weighted by atomic mass is 32.2. The van der Waals surface area contributed by atoms with Crippen LogP contribution in [0.4, 0.5) is 0 Å². The second-order valence-electron chi connectivity index (χ2n) is 9.98. The fraction of sp³-hybridized carbons (Fsp3) is 0.290. The number of carbonyl (C=O) groups is 1. The number of ether oxygens (including phenoxy) is 1. The molecule has 1 amide bonds. The van der Waals surface area contributed by atoms with Gasteiger partial charge in [0.15, 0.2) is 0 Å². The minimum atomic E-state index is -3.77. The number of nitrogens with zero attached hydrogens (tertiary/aromatic N) is 3. The summed E-state index contributed by atoms with van der Waals surface area (Å²) in [7, 11) is -3.77. The van der Waals surface area contributed by atoms with Gasteiger partial charge in [-0.25, -0.2) is 13.4 Å². The maximum Gasteiger partial charge on any atom is 0.254 e. The van der Waals surface area contributed by atoms with Crippen molar-refractivity contribution in [2.45, 2.75) is 49.9 Å². The first-order valence-electron chi connectivity index (χ1n) is 13.2. The van der Waals surface area contributed by atoms with E-state index in [-0.39, 0.29) is 29.5 Å². The van der Waals surface area contributed by atoms with E-state index in [1.807, 2.05) is 79.7 Å². The van der Waals surface area contributed by atoms with Crippen LogP contribution in [0.1, 0.15) is 45.6 Å². The van der Waals surface area contributed by atoms with E-state index in [4.69, 9.17) is 4.74 Å². The van der Waals surface area contributed by atoms with Gasteiger partial charge in [0.25, 0.3) is 5.91 Å². The van der Waals surface area contributed by atoms with Gasteiger partial charge in [-0.15, -0.1) is 0 Å². The van der Waals surface area contributed by atoms with Gasteiger partial charge in [0.1, 0.15) is 0 Å². The lowest BCUT2D eigenvalue weighted by Gasteiger charge is -2.26. The van der Waals surface area contributed by atoms with Crippen molar-refractivity contribution in [2.75, 3.05) is 13.2 Å². The monoisotopic (exact) mass is 543 g/mol. The molecule has 8 heteroatoms. The molecule has 39 heavy (non-hydrogen) atoms. The van der Waals surface area contributed by atoms with Crippen LogP contribution < -0.4 is 0 Å². The molecule has 202 valence electrons. The van der Waals surface area contributed by atoms with Gasteiger partial charge in [0.2, 0.25) is 15.0 Å². The van der Waals surface area contributed by atoms with Gasteiger partial charge in [-0.2, -0.15) is 0 Å². The van der Waals surface area contributed by atoms with Crippen molar-refractivity contribution < 1.29 is 17.9 Å². The zero-order valence-electron chi connectivity index (χ0n) is 22.1. The molecule has 3 aromatic carbocycles. The quantitative estimate of drug-likeness (QED) is 0.280. The van der Waals surface area contributed by atoms with Crippen LogP contribution >= 0.6 is 0 Å². The van der Waals surface area contributed by atoms with Crippen LogP contribution in [-0.2, 0) is 33.4 Å². The molecule has 7 nitrogen and oxygen atoms in total. The van der Waals surface area contributed by atoms with Crippen LogP contribution in [0.5, 0.6) is 0 Å². The molecule has 1 aliphatic heterocycles. The Kier molecular flexibility index (Phi) is 8.24. The first-order valence-corrected chi connectivity index (χ1v) is 14.9. The molecule has 4 aromatic rings. The highest BCUT2D eigenvalue weighted by Gasteiger charge is 2.28. The molecule has 0 unspecified atom stereocenters. The van der Waals surface area contributed by atoms with Gasteiger partial charge in [0.05, 0.1) is 36.8 Å². The number of imidazole rings is 1. The molecule has 1 saturated heterocycles. The minimum absolute atomic E-state index is 0.00818. The van der Waals surface area contributed by atoms with Crippen LogP contribution in [0.2, 0.25) is 0 Å². The van der Waals surface area contributed by atoms with Crippen molar-refractivity contribution in [3.8, 4) is 0 Å². The number of hydrogen-bond donors (Lipinski definition) is 0. The predicted octanol–water partition coefficient (Wildman–Crippen LogP) is 5.04. The average Bonchev–Trinajstić information content (AvgIpc) is 3.61. The largest absolute Gasteiger partial charge is 0.376 e. The van der Waals surface area contributed by atoms with Crippen LogP contribution in [0, 0.1) is 6.92 Å². The Morgan fingerprint density at radius 2 is 1.69 bits per heavy atom. The molecule has 1 fully saturated rings. The molecular formula is C31H33N3O4S. The van der Waals surface area contributed by atoms with Gasteiger partial charge in [-0.3, -0.25) is 4.79 Å². The van der Waals surface area contributed by atoms with Crippen molar-refractivity contribution in [1.82, 2.24) is 14.5 Å². The van der Waals surface area contributed by atoms with Gasteiger partial charge < -0.3 is 14.2 Å². The number of hydrogen-bond acceptors (Lipinski definition) is 5. The van der Waals surface area contributed by atoms with Crippen molar-refractivity contribution in [3.05, 3.63) is 119 Å². The summed E-state index contributed by atoms with van der Waals surface area (Å²) in [6, 6.07) is 26.3. The summed E-state index contributed by atoms with van der Waals surface area (Å²) in [5, 5.41) is 0.00818. The molecule has 0 spiro atoms. The Morgan fingerprint density at radius 1 is 1.00 bits per heavy atom. The Morgan fingerprint density at radius 3 is 2.38 bits per heavy atom. The van der Waals surface area contributed by atoms with E-state index < -0.39 is 9.84 Å². The van der Waals surface area contributed by atoms with Crippen molar-refractivity contribution in [3.63, 3.8) is 0 Å². The SMILES string of the molecule is Cc1ccccc1CS(=O)(=O)c1ncc(CN(C[C@H]2CCCO2)C(=O)c2ccccc2)n1Cc1ccccc1. The standard InChI is InChI=1S/C31H33N3O4S/c1-24-11-8-9-16-27(24)23-39(36,37)31-32-19-28(34(31)20-25-12-4-2-5-13-25)21-33(22-29-17-10-18-38-29)30(35)26-14-6-3-7-15-26/h2-9,11-16,19,29H,10,17-18,20-23H2,1H3/t29-/m1/s1. The molecule has 0 aliphatic carbocycles. The number of carbonyl (C=O) groups excluding carboxylic acids is 1. The zero-order chi connectivity index (χ0) is 27.2. The second kappa shape index (κ2) is 12.0. The molecule has 0 saturated carbocycles. The van der Waals surface area contributed by atoms with E-state index in [0.717, 1.165) is 29.5 Å². The molecular weight excluding hydrogens is 510 g/mol. The highest BCUT2D eigenvalue weighted by molar-refractivity contribution is 7.90. The Labute approximate surface area is 230 Å². The first-order chi connectivity index (χ1) is 18.9. The van der Waals surface area contributed by atoms with Crippen molar-refractivity contribution in [1.29, 1.82) is 0 Å². The van der Waals surface area contributed by atoms with Crippen molar-refractivity contribution >= 4 is 15.7 Å². The molecule has 1 aliphatic rings. The van der Waals surface area contributed by atoms with Gasteiger partial charge in [0, 0.05) is 18.7 Å². The number of aryl methyl sites for hydroxylation is 1. The first kappa shape index (κ1) is 26.8. The van der Waals surface area contributed by atoms with Gasteiger partial charge >= 0.3 is 0 Å². The third-order valence-electron chi connectivity index (χ3n) is 7.08. The van der Waals surface area contributed by atoms with Crippen LogP contribution in [-0.4, -0.2) is 48.0 Å². The van der Waals surface area contributed by atoms with Crippen molar-refractivity contribution in [2.24, 2.45) is 0 Å². The summed E-state index contributed by atoms with van der Waals surface area (Å²) in [5.41, 5.74) is 3.84. The summed E-state index contributed by atoms with van der Waals surface area (Å²) >= 11 is 0. The van der Waals surface area contributed by atoms with E-state index in [0.29, 0.717) is 31.0 Å².